The maximum absolute atomic E-state index is 13.2. The van der Waals surface area contributed by atoms with Crippen LogP contribution in [0.4, 0.5) is 5.69 Å². The number of phenolic OH excluding ortho intramolecular Hbond substituents is 1. The van der Waals surface area contributed by atoms with Crippen LogP contribution >= 0.6 is 0 Å². The Morgan fingerprint density at radius 3 is 2.04 bits per heavy atom. The highest BCUT2D eigenvalue weighted by Gasteiger charge is 2.25. The van der Waals surface area contributed by atoms with E-state index in [1.807, 2.05) is 37.3 Å². The van der Waals surface area contributed by atoms with Crippen molar-refractivity contribution in [2.75, 3.05) is 4.31 Å². The first-order valence-corrected chi connectivity index (χ1v) is 9.33. The third-order valence-electron chi connectivity index (χ3n) is 3.92. The van der Waals surface area contributed by atoms with Crippen LogP contribution in [0.5, 0.6) is 5.75 Å². The van der Waals surface area contributed by atoms with Crippen LogP contribution in [-0.2, 0) is 16.6 Å². The molecule has 0 unspecified atom stereocenters. The van der Waals surface area contributed by atoms with Crippen molar-refractivity contribution in [1.82, 2.24) is 0 Å². The molecule has 0 fully saturated rings. The molecule has 4 nitrogen and oxygen atoms in total. The number of hydrogen-bond acceptors (Lipinski definition) is 3. The van der Waals surface area contributed by atoms with Gasteiger partial charge >= 0.3 is 0 Å². The largest absolute Gasteiger partial charge is 0.508 e. The van der Waals surface area contributed by atoms with Crippen LogP contribution in [-0.4, -0.2) is 13.5 Å². The van der Waals surface area contributed by atoms with Crippen LogP contribution in [0.3, 0.4) is 0 Å². The minimum Gasteiger partial charge on any atom is -0.508 e. The summed E-state index contributed by atoms with van der Waals surface area (Å²) in [6.07, 6.45) is 0. The zero-order chi connectivity index (χ0) is 17.9. The molecule has 0 saturated carbocycles. The molecule has 3 rings (SSSR count). The summed E-state index contributed by atoms with van der Waals surface area (Å²) in [5.74, 6) is 0.0937. The highest BCUT2D eigenvalue weighted by atomic mass is 32.2. The lowest BCUT2D eigenvalue weighted by molar-refractivity contribution is 0.475. The molecule has 0 aliphatic rings. The number of sulfonamides is 1. The van der Waals surface area contributed by atoms with Crippen LogP contribution in [0.1, 0.15) is 11.1 Å². The molecule has 0 bridgehead atoms. The number of nitrogens with zero attached hydrogens (tertiary/aromatic N) is 1. The number of anilines is 1. The van der Waals surface area contributed by atoms with E-state index in [0.717, 1.165) is 11.1 Å². The van der Waals surface area contributed by atoms with E-state index in [-0.39, 0.29) is 17.2 Å². The van der Waals surface area contributed by atoms with E-state index < -0.39 is 10.0 Å². The SMILES string of the molecule is Cc1ccc(S(=O)(=O)N(Cc2ccccc2)c2ccc(O)cc2)cc1. The minimum absolute atomic E-state index is 0.0937. The summed E-state index contributed by atoms with van der Waals surface area (Å²) in [7, 11) is -3.73. The maximum Gasteiger partial charge on any atom is 0.264 e. The minimum atomic E-state index is -3.73. The smallest absolute Gasteiger partial charge is 0.264 e. The van der Waals surface area contributed by atoms with E-state index in [4.69, 9.17) is 0 Å². The van der Waals surface area contributed by atoms with Crippen molar-refractivity contribution < 1.29 is 13.5 Å². The molecule has 3 aromatic rings. The first kappa shape index (κ1) is 17.0. The van der Waals surface area contributed by atoms with Crippen molar-refractivity contribution in [3.05, 3.63) is 90.0 Å². The summed E-state index contributed by atoms with van der Waals surface area (Å²) >= 11 is 0. The number of hydrogen-bond donors (Lipinski definition) is 1. The molecule has 0 saturated heterocycles. The van der Waals surface area contributed by atoms with E-state index in [2.05, 4.69) is 0 Å². The molecule has 128 valence electrons. The highest BCUT2D eigenvalue weighted by Crippen LogP contribution is 2.27. The molecule has 0 aliphatic heterocycles. The molecule has 0 atom stereocenters. The van der Waals surface area contributed by atoms with Gasteiger partial charge in [0.1, 0.15) is 5.75 Å². The Labute approximate surface area is 148 Å². The summed E-state index contributed by atoms with van der Waals surface area (Å²) in [6, 6.07) is 22.4. The van der Waals surface area contributed by atoms with E-state index in [1.54, 1.807) is 36.4 Å². The fourth-order valence-electron chi connectivity index (χ4n) is 2.52. The summed E-state index contributed by atoms with van der Waals surface area (Å²) in [5.41, 5.74) is 2.38. The predicted molar refractivity (Wildman–Crippen MR) is 99.1 cm³/mol. The maximum atomic E-state index is 13.2. The standard InChI is InChI=1S/C20H19NO3S/c1-16-7-13-20(14-8-16)25(23,24)21(15-17-5-3-2-4-6-17)18-9-11-19(22)12-10-18/h2-14,22H,15H2,1H3. The number of benzene rings is 3. The lowest BCUT2D eigenvalue weighted by Crippen LogP contribution is -2.30. The molecule has 0 aromatic heterocycles. The molecule has 5 heteroatoms. The molecule has 0 spiro atoms. The van der Waals surface area contributed by atoms with Crippen LogP contribution in [0.25, 0.3) is 0 Å². The van der Waals surface area contributed by atoms with Crippen LogP contribution < -0.4 is 4.31 Å². The second kappa shape index (κ2) is 6.99. The third kappa shape index (κ3) is 3.83. The van der Waals surface area contributed by atoms with Gasteiger partial charge in [0.05, 0.1) is 17.1 Å². The number of phenols is 1. The number of aryl methyl sites for hydroxylation is 1. The van der Waals surface area contributed by atoms with E-state index in [0.29, 0.717) is 5.69 Å². The Bertz CT molecular complexity index is 934. The van der Waals surface area contributed by atoms with E-state index >= 15 is 0 Å². The Hall–Kier alpha value is -2.79. The van der Waals surface area contributed by atoms with Crippen molar-refractivity contribution in [3.63, 3.8) is 0 Å². The molecule has 3 aromatic carbocycles. The van der Waals surface area contributed by atoms with Gasteiger partial charge in [-0.2, -0.15) is 0 Å². The van der Waals surface area contributed by atoms with Crippen molar-refractivity contribution in [2.45, 2.75) is 18.4 Å². The van der Waals surface area contributed by atoms with Crippen LogP contribution in [0, 0.1) is 6.92 Å². The lowest BCUT2D eigenvalue weighted by Gasteiger charge is -2.25. The topological polar surface area (TPSA) is 57.6 Å². The van der Waals surface area contributed by atoms with Crippen LogP contribution in [0.2, 0.25) is 0 Å². The summed E-state index contributed by atoms with van der Waals surface area (Å²) in [6.45, 7) is 2.12. The van der Waals surface area contributed by atoms with Crippen molar-refractivity contribution in [1.29, 1.82) is 0 Å². The fourth-order valence-corrected chi connectivity index (χ4v) is 3.97. The normalized spacial score (nSPS) is 11.2. The molecule has 0 heterocycles. The summed E-state index contributed by atoms with van der Waals surface area (Å²) in [5, 5.41) is 9.51. The molecule has 0 amide bonds. The van der Waals surface area contributed by atoms with Gasteiger partial charge in [-0.3, -0.25) is 4.31 Å². The van der Waals surface area contributed by atoms with Gasteiger partial charge in [0.25, 0.3) is 10.0 Å². The van der Waals surface area contributed by atoms with E-state index in [9.17, 15) is 13.5 Å². The molecule has 0 aliphatic carbocycles. The zero-order valence-electron chi connectivity index (χ0n) is 13.8. The quantitative estimate of drug-likeness (QED) is 0.751. The zero-order valence-corrected chi connectivity index (χ0v) is 14.6. The first-order chi connectivity index (χ1) is 12.0. The Morgan fingerprint density at radius 2 is 1.44 bits per heavy atom. The summed E-state index contributed by atoms with van der Waals surface area (Å²) in [4.78, 5) is 0.238. The van der Waals surface area contributed by atoms with Gasteiger partial charge in [-0.05, 0) is 48.9 Å². The summed E-state index contributed by atoms with van der Waals surface area (Å²) < 4.78 is 27.7. The molecular weight excluding hydrogens is 334 g/mol. The van der Waals surface area contributed by atoms with E-state index in [1.165, 1.54) is 16.4 Å². The highest BCUT2D eigenvalue weighted by molar-refractivity contribution is 7.92. The van der Waals surface area contributed by atoms with Gasteiger partial charge in [-0.1, -0.05) is 48.0 Å². The molecular formula is C20H19NO3S. The number of rotatable bonds is 5. The van der Waals surface area contributed by atoms with Crippen molar-refractivity contribution in [2.24, 2.45) is 0 Å². The Balaban J connectivity index is 2.06. The second-order valence-electron chi connectivity index (χ2n) is 5.83. The predicted octanol–water partition coefficient (Wildman–Crippen LogP) is 4.10. The number of aromatic hydroxyl groups is 1. The Morgan fingerprint density at radius 1 is 0.840 bits per heavy atom. The third-order valence-corrected chi connectivity index (χ3v) is 5.70. The molecule has 25 heavy (non-hydrogen) atoms. The monoisotopic (exact) mass is 353 g/mol. The molecule has 1 N–H and O–H groups in total. The van der Waals surface area contributed by atoms with Gasteiger partial charge in [-0.25, -0.2) is 8.42 Å². The van der Waals surface area contributed by atoms with Gasteiger partial charge < -0.3 is 5.11 Å². The lowest BCUT2D eigenvalue weighted by atomic mass is 10.2. The average Bonchev–Trinajstić information content (AvgIpc) is 2.62. The first-order valence-electron chi connectivity index (χ1n) is 7.89. The van der Waals surface area contributed by atoms with Crippen LogP contribution in [0.15, 0.2) is 83.8 Å². The van der Waals surface area contributed by atoms with Crippen molar-refractivity contribution >= 4 is 15.7 Å². The second-order valence-corrected chi connectivity index (χ2v) is 7.69. The van der Waals surface area contributed by atoms with Gasteiger partial charge in [0, 0.05) is 0 Å². The average molecular weight is 353 g/mol. The van der Waals surface area contributed by atoms with Gasteiger partial charge in [0.2, 0.25) is 0 Å². The molecule has 0 radical (unpaired) electrons. The van der Waals surface area contributed by atoms with Gasteiger partial charge in [-0.15, -0.1) is 0 Å². The van der Waals surface area contributed by atoms with Gasteiger partial charge in [0.15, 0.2) is 0 Å². The Kier molecular flexibility index (Phi) is 4.76. The fraction of sp³-hybridized carbons (Fsp3) is 0.100. The van der Waals surface area contributed by atoms with Crippen molar-refractivity contribution in [3.8, 4) is 5.75 Å².